The van der Waals surface area contributed by atoms with Gasteiger partial charge in [0.15, 0.2) is 0 Å². The number of hydrogen-bond acceptors (Lipinski definition) is 4. The van der Waals surface area contributed by atoms with E-state index in [4.69, 9.17) is 16.3 Å². The van der Waals surface area contributed by atoms with Gasteiger partial charge in [-0.25, -0.2) is 0 Å². The van der Waals surface area contributed by atoms with Crippen LogP contribution in [0.5, 0.6) is 5.75 Å². The van der Waals surface area contributed by atoms with E-state index in [0.717, 1.165) is 5.56 Å². The summed E-state index contributed by atoms with van der Waals surface area (Å²) >= 11 is 5.93. The average Bonchev–Trinajstić information content (AvgIpc) is 2.59. The third-order valence-corrected chi connectivity index (χ3v) is 3.50. The Morgan fingerprint density at radius 3 is 2.79 bits per heavy atom. The molecule has 5 nitrogen and oxygen atoms in total. The molecule has 0 spiro atoms. The molecule has 6 heteroatoms. The fraction of sp³-hybridized carbons (Fsp3) is 0.111. The first-order valence-corrected chi connectivity index (χ1v) is 7.49. The van der Waals surface area contributed by atoms with Crippen molar-refractivity contribution in [2.45, 2.75) is 6.92 Å². The number of ether oxygens (including phenoxy) is 1. The van der Waals surface area contributed by atoms with Crippen LogP contribution in [0.4, 0.5) is 11.4 Å². The molecule has 122 valence electrons. The Morgan fingerprint density at radius 2 is 2.08 bits per heavy atom. The van der Waals surface area contributed by atoms with E-state index in [1.807, 2.05) is 13.0 Å². The van der Waals surface area contributed by atoms with Gasteiger partial charge in [-0.3, -0.25) is 4.79 Å². The molecule has 0 aliphatic rings. The first-order valence-electron chi connectivity index (χ1n) is 7.12. The minimum Gasteiger partial charge on any atom is -0.497 e. The predicted molar refractivity (Wildman–Crippen MR) is 95.1 cm³/mol. The largest absolute Gasteiger partial charge is 0.497 e. The zero-order valence-corrected chi connectivity index (χ0v) is 14.0. The molecule has 0 atom stereocenters. The summed E-state index contributed by atoms with van der Waals surface area (Å²) in [6, 6.07) is 14.2. The number of nitrogens with one attached hydrogen (secondary N) is 2. The molecule has 0 heterocycles. The third-order valence-electron chi connectivity index (χ3n) is 3.27. The smallest absolute Gasteiger partial charge is 0.267 e. The highest BCUT2D eigenvalue weighted by atomic mass is 35.5. The van der Waals surface area contributed by atoms with Gasteiger partial charge in [0.25, 0.3) is 5.91 Å². The number of methoxy groups -OCH3 is 1. The van der Waals surface area contributed by atoms with Crippen LogP contribution in [0.1, 0.15) is 5.56 Å². The number of halogens is 1. The molecule has 0 radical (unpaired) electrons. The standard InChI is InChI=1S/C18H16ClN3O2/c1-12-6-7-14(19)8-17(12)22-18(23)13(10-20)11-21-15-4-3-5-16(9-15)24-2/h3-9,11,21H,1-2H3,(H,22,23)/b13-11-. The van der Waals surface area contributed by atoms with Crippen molar-refractivity contribution in [2.24, 2.45) is 0 Å². The second-order valence-electron chi connectivity index (χ2n) is 4.96. The van der Waals surface area contributed by atoms with Gasteiger partial charge in [-0.2, -0.15) is 5.26 Å². The van der Waals surface area contributed by atoms with Gasteiger partial charge in [-0.15, -0.1) is 0 Å². The minimum atomic E-state index is -0.515. The van der Waals surface area contributed by atoms with Crippen LogP contribution < -0.4 is 15.4 Å². The summed E-state index contributed by atoms with van der Waals surface area (Å²) in [5, 5.41) is 15.3. The second-order valence-corrected chi connectivity index (χ2v) is 5.40. The summed E-state index contributed by atoms with van der Waals surface area (Å²) in [5.74, 6) is 0.157. The van der Waals surface area contributed by atoms with E-state index in [2.05, 4.69) is 10.6 Å². The molecular weight excluding hydrogens is 326 g/mol. The average molecular weight is 342 g/mol. The van der Waals surface area contributed by atoms with Gasteiger partial charge in [-0.05, 0) is 36.8 Å². The monoisotopic (exact) mass is 341 g/mol. The van der Waals surface area contributed by atoms with Crippen molar-refractivity contribution in [2.75, 3.05) is 17.7 Å². The number of anilines is 2. The van der Waals surface area contributed by atoms with Crippen molar-refractivity contribution in [3.8, 4) is 11.8 Å². The molecule has 2 aromatic carbocycles. The molecule has 0 saturated carbocycles. The Morgan fingerprint density at radius 1 is 1.29 bits per heavy atom. The maximum atomic E-state index is 12.2. The van der Waals surface area contributed by atoms with E-state index in [1.165, 1.54) is 6.20 Å². The lowest BCUT2D eigenvalue weighted by molar-refractivity contribution is -0.112. The zero-order chi connectivity index (χ0) is 17.5. The number of hydrogen-bond donors (Lipinski definition) is 2. The summed E-state index contributed by atoms with van der Waals surface area (Å²) in [5.41, 5.74) is 2.06. The molecule has 0 bridgehead atoms. The van der Waals surface area contributed by atoms with Crippen molar-refractivity contribution >= 4 is 28.9 Å². The minimum absolute atomic E-state index is 0.0582. The molecule has 0 unspecified atom stereocenters. The van der Waals surface area contributed by atoms with Crippen LogP contribution in [0.2, 0.25) is 5.02 Å². The van der Waals surface area contributed by atoms with E-state index in [-0.39, 0.29) is 5.57 Å². The highest BCUT2D eigenvalue weighted by Gasteiger charge is 2.11. The van der Waals surface area contributed by atoms with Crippen LogP contribution >= 0.6 is 11.6 Å². The summed E-state index contributed by atoms with van der Waals surface area (Å²) in [6.45, 7) is 1.84. The Hall–Kier alpha value is -2.97. The van der Waals surface area contributed by atoms with Crippen LogP contribution in [0.3, 0.4) is 0 Å². The normalized spacial score (nSPS) is 10.7. The predicted octanol–water partition coefficient (Wildman–Crippen LogP) is 4.12. The lowest BCUT2D eigenvalue weighted by atomic mass is 10.2. The Labute approximate surface area is 145 Å². The first-order chi connectivity index (χ1) is 11.5. The molecule has 0 aromatic heterocycles. The van der Waals surface area contributed by atoms with Gasteiger partial charge in [-0.1, -0.05) is 23.7 Å². The van der Waals surface area contributed by atoms with Crippen LogP contribution in [-0.4, -0.2) is 13.0 Å². The van der Waals surface area contributed by atoms with Crippen LogP contribution in [0.15, 0.2) is 54.2 Å². The molecule has 2 aromatic rings. The van der Waals surface area contributed by atoms with Crippen molar-refractivity contribution in [1.29, 1.82) is 5.26 Å². The van der Waals surface area contributed by atoms with E-state index < -0.39 is 5.91 Å². The summed E-state index contributed by atoms with van der Waals surface area (Å²) in [4.78, 5) is 12.2. The van der Waals surface area contributed by atoms with Gasteiger partial charge < -0.3 is 15.4 Å². The molecule has 1 amide bonds. The summed E-state index contributed by atoms with van der Waals surface area (Å²) in [6.07, 6.45) is 1.35. The molecular formula is C18H16ClN3O2. The lowest BCUT2D eigenvalue weighted by Gasteiger charge is -2.09. The molecule has 0 aliphatic carbocycles. The number of carbonyl (C=O) groups excluding carboxylic acids is 1. The van der Waals surface area contributed by atoms with Crippen LogP contribution in [-0.2, 0) is 4.79 Å². The third kappa shape index (κ3) is 4.51. The second kappa shape index (κ2) is 8.04. The first kappa shape index (κ1) is 17.4. The van der Waals surface area contributed by atoms with Gasteiger partial charge in [0.2, 0.25) is 0 Å². The maximum Gasteiger partial charge on any atom is 0.267 e. The zero-order valence-electron chi connectivity index (χ0n) is 13.3. The lowest BCUT2D eigenvalue weighted by Crippen LogP contribution is -2.15. The van der Waals surface area contributed by atoms with Gasteiger partial charge in [0.1, 0.15) is 17.4 Å². The summed E-state index contributed by atoms with van der Waals surface area (Å²) < 4.78 is 5.12. The SMILES string of the molecule is COc1cccc(N/C=C(/C#N)C(=O)Nc2cc(Cl)ccc2C)c1. The van der Waals surface area contributed by atoms with Crippen molar-refractivity contribution in [3.05, 3.63) is 64.8 Å². The van der Waals surface area contributed by atoms with Crippen molar-refractivity contribution in [3.63, 3.8) is 0 Å². The highest BCUT2D eigenvalue weighted by molar-refractivity contribution is 6.31. The van der Waals surface area contributed by atoms with Gasteiger partial charge in [0, 0.05) is 28.7 Å². The number of aryl methyl sites for hydroxylation is 1. The van der Waals surface area contributed by atoms with Crippen LogP contribution in [0.25, 0.3) is 0 Å². The van der Waals surface area contributed by atoms with Crippen molar-refractivity contribution in [1.82, 2.24) is 0 Å². The fourth-order valence-electron chi connectivity index (χ4n) is 1.94. The fourth-order valence-corrected chi connectivity index (χ4v) is 2.11. The topological polar surface area (TPSA) is 74.1 Å². The number of rotatable bonds is 5. The van der Waals surface area contributed by atoms with E-state index >= 15 is 0 Å². The highest BCUT2D eigenvalue weighted by Crippen LogP contribution is 2.21. The van der Waals surface area contributed by atoms with E-state index in [9.17, 15) is 10.1 Å². The Kier molecular flexibility index (Phi) is 5.83. The molecule has 2 N–H and O–H groups in total. The van der Waals surface area contributed by atoms with E-state index in [0.29, 0.717) is 22.1 Å². The number of benzene rings is 2. The molecule has 0 aliphatic heterocycles. The molecule has 0 fully saturated rings. The molecule has 0 saturated heterocycles. The van der Waals surface area contributed by atoms with Gasteiger partial charge >= 0.3 is 0 Å². The quantitative estimate of drug-likeness (QED) is 0.634. The maximum absolute atomic E-state index is 12.2. The molecule has 2 rings (SSSR count). The summed E-state index contributed by atoms with van der Waals surface area (Å²) in [7, 11) is 1.57. The number of nitriles is 1. The van der Waals surface area contributed by atoms with E-state index in [1.54, 1.807) is 49.6 Å². The number of carbonyl (C=O) groups is 1. The Balaban J connectivity index is 2.13. The van der Waals surface area contributed by atoms with Crippen LogP contribution in [0, 0.1) is 18.3 Å². The van der Waals surface area contributed by atoms with Crippen molar-refractivity contribution < 1.29 is 9.53 Å². The number of nitrogens with zero attached hydrogens (tertiary/aromatic N) is 1. The Bertz CT molecular complexity index is 825. The molecule has 24 heavy (non-hydrogen) atoms. The number of amides is 1. The van der Waals surface area contributed by atoms with Gasteiger partial charge in [0.05, 0.1) is 7.11 Å².